The largest absolute Gasteiger partial charge is 0.481 e. The van der Waals surface area contributed by atoms with Crippen LogP contribution in [0.4, 0.5) is 0 Å². The number of fused-ring (bicyclic) bond motifs is 3. The molecule has 0 amide bonds. The van der Waals surface area contributed by atoms with Crippen LogP contribution in [0.5, 0.6) is 0 Å². The average Bonchev–Trinajstić information content (AvgIpc) is 2.75. The molecule has 100 valence electrons. The lowest BCUT2D eigenvalue weighted by molar-refractivity contribution is -0.139. The van der Waals surface area contributed by atoms with Crippen molar-refractivity contribution in [3.8, 4) is 0 Å². The van der Waals surface area contributed by atoms with Crippen LogP contribution in [0.2, 0.25) is 0 Å². The third-order valence-corrected chi connectivity index (χ3v) is 4.20. The highest BCUT2D eigenvalue weighted by molar-refractivity contribution is 5.88. The van der Waals surface area contributed by atoms with Crippen molar-refractivity contribution in [3.05, 3.63) is 35.0 Å². The normalized spacial score (nSPS) is 18.8. The topological polar surface area (TPSA) is 53.1 Å². The van der Waals surface area contributed by atoms with E-state index in [9.17, 15) is 9.90 Å². The van der Waals surface area contributed by atoms with Gasteiger partial charge >= 0.3 is 5.97 Å². The first-order chi connectivity index (χ1) is 9.08. The van der Waals surface area contributed by atoms with Gasteiger partial charge in [-0.25, -0.2) is 0 Å². The number of benzene rings is 1. The molecule has 3 nitrogen and oxygen atoms in total. The van der Waals surface area contributed by atoms with E-state index in [1.54, 1.807) is 0 Å². The van der Waals surface area contributed by atoms with Crippen LogP contribution in [-0.2, 0) is 11.2 Å². The van der Waals surface area contributed by atoms with Gasteiger partial charge in [-0.15, -0.1) is 0 Å². The highest BCUT2D eigenvalue weighted by Gasteiger charge is 2.29. The van der Waals surface area contributed by atoms with E-state index in [0.717, 1.165) is 30.5 Å². The number of hydrogen-bond acceptors (Lipinski definition) is 1. The Hall–Kier alpha value is -1.77. The Morgan fingerprint density at radius 2 is 2.21 bits per heavy atom. The van der Waals surface area contributed by atoms with E-state index >= 15 is 0 Å². The van der Waals surface area contributed by atoms with Gasteiger partial charge in [0.2, 0.25) is 0 Å². The molecule has 2 N–H and O–H groups in total. The molecule has 0 aliphatic heterocycles. The van der Waals surface area contributed by atoms with Crippen molar-refractivity contribution in [1.29, 1.82) is 0 Å². The summed E-state index contributed by atoms with van der Waals surface area (Å²) in [7, 11) is 0. The fraction of sp³-hybridized carbons (Fsp3) is 0.438. The van der Waals surface area contributed by atoms with Crippen molar-refractivity contribution < 1.29 is 9.90 Å². The number of H-pyrrole nitrogens is 1. The molecular formula is C16H19NO2. The van der Waals surface area contributed by atoms with Crippen molar-refractivity contribution in [1.82, 2.24) is 4.98 Å². The zero-order valence-corrected chi connectivity index (χ0v) is 11.4. The molecule has 19 heavy (non-hydrogen) atoms. The zero-order chi connectivity index (χ0) is 13.6. The maximum Gasteiger partial charge on any atom is 0.312 e. The molecular weight excluding hydrogens is 238 g/mol. The molecule has 1 aliphatic rings. The van der Waals surface area contributed by atoms with Crippen LogP contribution >= 0.6 is 0 Å². The Kier molecular flexibility index (Phi) is 2.85. The Morgan fingerprint density at radius 3 is 2.89 bits per heavy atom. The van der Waals surface area contributed by atoms with Crippen LogP contribution in [0, 0.1) is 0 Å². The van der Waals surface area contributed by atoms with Crippen molar-refractivity contribution in [2.45, 2.75) is 44.9 Å². The molecule has 0 fully saturated rings. The minimum atomic E-state index is -0.711. The molecule has 3 heteroatoms. The molecule has 0 bridgehead atoms. The van der Waals surface area contributed by atoms with Gasteiger partial charge < -0.3 is 10.1 Å². The van der Waals surface area contributed by atoms with Crippen molar-refractivity contribution in [2.24, 2.45) is 0 Å². The van der Waals surface area contributed by atoms with Crippen molar-refractivity contribution in [3.63, 3.8) is 0 Å². The van der Waals surface area contributed by atoms with E-state index in [1.165, 1.54) is 16.5 Å². The minimum Gasteiger partial charge on any atom is -0.481 e. The third kappa shape index (κ3) is 1.93. The lowest BCUT2D eigenvalue weighted by Gasteiger charge is -2.18. The maximum atomic E-state index is 11.3. The summed E-state index contributed by atoms with van der Waals surface area (Å²) in [6, 6.07) is 6.44. The molecule has 1 atom stereocenters. The summed E-state index contributed by atoms with van der Waals surface area (Å²) in [6.07, 6.45) is 2.69. The van der Waals surface area contributed by atoms with E-state index in [0.29, 0.717) is 5.92 Å². The standard InChI is InChI=1S/C16H19NO2/c1-9(2)10-6-7-14-13(8-10)11-4-3-5-12(16(18)19)15(11)17-14/h6-9,12,17H,3-5H2,1-2H3,(H,18,19). The van der Waals surface area contributed by atoms with E-state index < -0.39 is 5.97 Å². The molecule has 0 radical (unpaired) electrons. The molecule has 1 aromatic heterocycles. The van der Waals surface area contributed by atoms with Gasteiger partial charge in [0.25, 0.3) is 0 Å². The van der Waals surface area contributed by atoms with Gasteiger partial charge in [-0.05, 0) is 48.4 Å². The number of carboxylic acid groups (broad SMARTS) is 1. The average molecular weight is 257 g/mol. The second-order valence-electron chi connectivity index (χ2n) is 5.76. The van der Waals surface area contributed by atoms with Crippen LogP contribution in [0.3, 0.4) is 0 Å². The quantitative estimate of drug-likeness (QED) is 0.859. The smallest absolute Gasteiger partial charge is 0.312 e. The summed E-state index contributed by atoms with van der Waals surface area (Å²) in [6.45, 7) is 4.36. The lowest BCUT2D eigenvalue weighted by atomic mass is 9.86. The zero-order valence-electron chi connectivity index (χ0n) is 11.4. The van der Waals surface area contributed by atoms with Crippen molar-refractivity contribution in [2.75, 3.05) is 0 Å². The first-order valence-corrected chi connectivity index (χ1v) is 6.95. The van der Waals surface area contributed by atoms with Gasteiger partial charge in [0.1, 0.15) is 0 Å². The second-order valence-corrected chi connectivity index (χ2v) is 5.76. The minimum absolute atomic E-state index is 0.362. The van der Waals surface area contributed by atoms with Crippen LogP contribution in [0.25, 0.3) is 10.9 Å². The van der Waals surface area contributed by atoms with Crippen molar-refractivity contribution >= 4 is 16.9 Å². The first-order valence-electron chi connectivity index (χ1n) is 6.95. The Balaban J connectivity index is 2.19. The number of hydrogen-bond donors (Lipinski definition) is 2. The number of rotatable bonds is 2. The molecule has 0 spiro atoms. The molecule has 2 aromatic rings. The number of aliphatic carboxylic acids is 1. The Labute approximate surface area is 112 Å². The number of nitrogens with one attached hydrogen (secondary N) is 1. The van der Waals surface area contributed by atoms with E-state index in [1.807, 2.05) is 0 Å². The number of carboxylic acids is 1. The number of carbonyl (C=O) groups is 1. The van der Waals surface area contributed by atoms with Gasteiger partial charge in [-0.1, -0.05) is 19.9 Å². The van der Waals surface area contributed by atoms with E-state index in [2.05, 4.69) is 37.0 Å². The number of aryl methyl sites for hydroxylation is 1. The predicted octanol–water partition coefficient (Wildman–Crippen LogP) is 3.80. The van der Waals surface area contributed by atoms with E-state index in [-0.39, 0.29) is 5.92 Å². The fourth-order valence-electron chi connectivity index (χ4n) is 3.09. The predicted molar refractivity (Wildman–Crippen MR) is 75.7 cm³/mol. The Bertz CT molecular complexity index is 639. The summed E-state index contributed by atoms with van der Waals surface area (Å²) < 4.78 is 0. The molecule has 1 aromatic carbocycles. The molecule has 1 unspecified atom stereocenters. The number of aromatic nitrogens is 1. The highest BCUT2D eigenvalue weighted by atomic mass is 16.4. The van der Waals surface area contributed by atoms with Gasteiger partial charge in [0, 0.05) is 16.6 Å². The lowest BCUT2D eigenvalue weighted by Crippen LogP contribution is -2.17. The summed E-state index contributed by atoms with van der Waals surface area (Å²) in [5.41, 5.74) is 4.53. The molecule has 3 rings (SSSR count). The third-order valence-electron chi connectivity index (χ3n) is 4.20. The summed E-state index contributed by atoms with van der Waals surface area (Å²) in [5.74, 6) is -0.580. The second kappa shape index (κ2) is 4.41. The van der Waals surface area contributed by atoms with Gasteiger partial charge in [0.05, 0.1) is 5.92 Å². The van der Waals surface area contributed by atoms with Gasteiger partial charge in [0.15, 0.2) is 0 Å². The Morgan fingerprint density at radius 1 is 1.42 bits per heavy atom. The van der Waals surface area contributed by atoms with Crippen LogP contribution in [-0.4, -0.2) is 16.1 Å². The van der Waals surface area contributed by atoms with Crippen LogP contribution in [0.15, 0.2) is 18.2 Å². The molecule has 1 aliphatic carbocycles. The molecule has 1 heterocycles. The van der Waals surface area contributed by atoms with E-state index in [4.69, 9.17) is 0 Å². The summed E-state index contributed by atoms with van der Waals surface area (Å²) in [4.78, 5) is 14.7. The maximum absolute atomic E-state index is 11.3. The fourth-order valence-corrected chi connectivity index (χ4v) is 3.09. The number of aromatic amines is 1. The molecule has 0 saturated carbocycles. The monoisotopic (exact) mass is 257 g/mol. The molecule has 0 saturated heterocycles. The van der Waals surface area contributed by atoms with Crippen LogP contribution < -0.4 is 0 Å². The summed E-state index contributed by atoms with van der Waals surface area (Å²) >= 11 is 0. The first kappa shape index (κ1) is 12.3. The van der Waals surface area contributed by atoms with Gasteiger partial charge in [-0.3, -0.25) is 4.79 Å². The highest BCUT2D eigenvalue weighted by Crippen LogP contribution is 2.37. The van der Waals surface area contributed by atoms with Crippen LogP contribution in [0.1, 0.15) is 55.3 Å². The van der Waals surface area contributed by atoms with Gasteiger partial charge in [-0.2, -0.15) is 0 Å². The SMILES string of the molecule is CC(C)c1ccc2[nH]c3c(c2c1)CCCC3C(=O)O. The summed E-state index contributed by atoms with van der Waals surface area (Å²) in [5, 5.41) is 10.5.